The topological polar surface area (TPSA) is 34.1 Å². The summed E-state index contributed by atoms with van der Waals surface area (Å²) in [4.78, 5) is 24.2. The molecule has 0 saturated heterocycles. The van der Waals surface area contributed by atoms with Crippen molar-refractivity contribution in [2.75, 3.05) is 0 Å². The summed E-state index contributed by atoms with van der Waals surface area (Å²) in [6, 6.07) is 0. The van der Waals surface area contributed by atoms with Crippen LogP contribution in [-0.4, -0.2) is 11.6 Å². The van der Waals surface area contributed by atoms with Crippen molar-refractivity contribution in [3.05, 3.63) is 23.3 Å². The van der Waals surface area contributed by atoms with Crippen LogP contribution < -0.4 is 0 Å². The maximum atomic E-state index is 12.4. The number of carbonyl (C=O) groups excluding carboxylic acids is 2. The van der Waals surface area contributed by atoms with Crippen molar-refractivity contribution in [1.82, 2.24) is 0 Å². The first kappa shape index (κ1) is 27.6. The zero-order valence-corrected chi connectivity index (χ0v) is 26.2. The lowest BCUT2D eigenvalue weighted by Crippen LogP contribution is -2.53. The van der Waals surface area contributed by atoms with Gasteiger partial charge in [-0.3, -0.25) is 9.59 Å². The predicted octanol–water partition coefficient (Wildman–Crippen LogP) is 9.82. The molecule has 0 N–H and O–H groups in total. The van der Waals surface area contributed by atoms with Crippen LogP contribution >= 0.6 is 0 Å². The highest BCUT2D eigenvalue weighted by Gasteiger charge is 2.60. The Morgan fingerprint density at radius 2 is 1.57 bits per heavy atom. The second-order valence-corrected chi connectivity index (χ2v) is 16.9. The molecule has 2 nitrogen and oxygen atoms in total. The maximum absolute atomic E-state index is 12.4. The molecule has 0 bridgehead atoms. The van der Waals surface area contributed by atoms with Gasteiger partial charge in [0.2, 0.25) is 0 Å². The summed E-state index contributed by atoms with van der Waals surface area (Å²) in [7, 11) is 0. The molecule has 0 spiro atoms. The summed E-state index contributed by atoms with van der Waals surface area (Å²) in [5.74, 6) is 5.76. The van der Waals surface area contributed by atoms with Crippen molar-refractivity contribution in [1.29, 1.82) is 0 Å². The molecule has 6 fully saturated rings. The van der Waals surface area contributed by atoms with Gasteiger partial charge in [0.05, 0.1) is 0 Å². The van der Waals surface area contributed by atoms with E-state index in [-0.39, 0.29) is 5.41 Å². The molecule has 8 rings (SSSR count). The van der Waals surface area contributed by atoms with Gasteiger partial charge >= 0.3 is 0 Å². The van der Waals surface area contributed by atoms with Crippen LogP contribution in [-0.2, 0) is 9.59 Å². The fourth-order valence-electron chi connectivity index (χ4n) is 12.9. The Labute approximate surface area is 244 Å². The summed E-state index contributed by atoms with van der Waals surface area (Å²) in [6.45, 7) is 9.86. The molecule has 0 aromatic carbocycles. The summed E-state index contributed by atoms with van der Waals surface area (Å²) in [6.07, 6.45) is 27.7. The van der Waals surface area contributed by atoms with E-state index in [0.29, 0.717) is 39.6 Å². The van der Waals surface area contributed by atoms with E-state index in [9.17, 15) is 9.59 Å². The SMILES string of the molecule is C[C@]12CCC(=O)CC1CC[C@@H]1[C@@H]2CC[C@]2(C)C(=O)CC[C@@H]12.C[C@]12CCCC=C1CC[C@@H]1C2=CC[C@]2(C)CCC[C@@H]12. The Hall–Kier alpha value is -1.18. The van der Waals surface area contributed by atoms with Crippen LogP contribution in [0.15, 0.2) is 23.3 Å². The number of carbonyl (C=O) groups is 2. The largest absolute Gasteiger partial charge is 0.300 e. The second-order valence-electron chi connectivity index (χ2n) is 16.9. The minimum atomic E-state index is -0.00511. The van der Waals surface area contributed by atoms with E-state index in [0.717, 1.165) is 62.2 Å². The van der Waals surface area contributed by atoms with E-state index >= 15 is 0 Å². The maximum Gasteiger partial charge on any atom is 0.139 e. The number of hydrogen-bond donors (Lipinski definition) is 0. The number of ketones is 2. The summed E-state index contributed by atoms with van der Waals surface area (Å²) in [5.41, 5.74) is 5.15. The Balaban J connectivity index is 0.000000133. The van der Waals surface area contributed by atoms with Gasteiger partial charge < -0.3 is 0 Å². The standard InChI is InChI=1S/C19H28O2.C19H28/c1-18-9-7-13(20)11-12(18)3-4-14-15-5-6-17(21)19(15,2)10-8-16(14)18;1-18-11-5-7-16(18)15-9-8-14-6-3-4-12-19(14,2)17(15)10-13-18/h12,14-16H,3-11H2,1-2H3;6,10,15-16H,3-5,7-9,11-13H2,1-2H3/t12?,14-,15-,16-,18-,19-;15-,16-,18-,19-/m00/s1. The van der Waals surface area contributed by atoms with Crippen LogP contribution in [0.25, 0.3) is 0 Å². The Morgan fingerprint density at radius 3 is 2.42 bits per heavy atom. The monoisotopic (exact) mass is 544 g/mol. The van der Waals surface area contributed by atoms with E-state index in [2.05, 4.69) is 39.8 Å². The predicted molar refractivity (Wildman–Crippen MR) is 163 cm³/mol. The third kappa shape index (κ3) is 3.99. The average molecular weight is 545 g/mol. The Bertz CT molecular complexity index is 1130. The van der Waals surface area contributed by atoms with Crippen LogP contribution in [0.4, 0.5) is 0 Å². The lowest BCUT2D eigenvalue weighted by atomic mass is 9.45. The third-order valence-corrected chi connectivity index (χ3v) is 15.4. The van der Waals surface area contributed by atoms with Gasteiger partial charge in [-0.05, 0) is 136 Å². The minimum absolute atomic E-state index is 0.00511. The van der Waals surface area contributed by atoms with Crippen molar-refractivity contribution < 1.29 is 9.59 Å². The normalized spacial score (nSPS) is 51.0. The molecule has 8 aliphatic carbocycles. The molecule has 2 heteroatoms. The number of rotatable bonds is 0. The number of allylic oxidation sites excluding steroid dienone is 4. The highest BCUT2D eigenvalue weighted by Crippen LogP contribution is 2.66. The number of hydrogen-bond acceptors (Lipinski definition) is 2. The van der Waals surface area contributed by atoms with Crippen LogP contribution in [0, 0.1) is 57.2 Å². The van der Waals surface area contributed by atoms with Gasteiger partial charge in [0.15, 0.2) is 0 Å². The number of fused-ring (bicyclic) bond motifs is 10. The van der Waals surface area contributed by atoms with Crippen molar-refractivity contribution in [2.45, 2.75) is 143 Å². The Kier molecular flexibility index (Phi) is 6.68. The second kappa shape index (κ2) is 9.67. The van der Waals surface area contributed by atoms with Gasteiger partial charge in [-0.15, -0.1) is 0 Å². The molecule has 1 unspecified atom stereocenters. The molecule has 40 heavy (non-hydrogen) atoms. The van der Waals surface area contributed by atoms with E-state index in [1.165, 1.54) is 77.0 Å². The van der Waals surface area contributed by atoms with E-state index in [1.54, 1.807) is 5.57 Å². The van der Waals surface area contributed by atoms with Gasteiger partial charge in [-0.2, -0.15) is 0 Å². The van der Waals surface area contributed by atoms with Crippen LogP contribution in [0.3, 0.4) is 0 Å². The molecule has 0 amide bonds. The van der Waals surface area contributed by atoms with Gasteiger partial charge in [-0.1, -0.05) is 57.4 Å². The van der Waals surface area contributed by atoms with Gasteiger partial charge in [0.1, 0.15) is 11.6 Å². The molecule has 220 valence electrons. The Morgan fingerprint density at radius 1 is 0.725 bits per heavy atom. The molecule has 0 radical (unpaired) electrons. The molecule has 10 atom stereocenters. The molecule has 0 aromatic rings. The molecular weight excluding hydrogens is 488 g/mol. The van der Waals surface area contributed by atoms with Crippen LogP contribution in [0.1, 0.15) is 143 Å². The average Bonchev–Trinajstić information content (AvgIpc) is 3.48. The summed E-state index contributed by atoms with van der Waals surface area (Å²) >= 11 is 0. The zero-order chi connectivity index (χ0) is 27.9. The van der Waals surface area contributed by atoms with Gasteiger partial charge in [-0.25, -0.2) is 0 Å². The minimum Gasteiger partial charge on any atom is -0.300 e. The first-order chi connectivity index (χ1) is 19.1. The smallest absolute Gasteiger partial charge is 0.139 e. The van der Waals surface area contributed by atoms with Crippen LogP contribution in [0.2, 0.25) is 0 Å². The van der Waals surface area contributed by atoms with Gasteiger partial charge in [0, 0.05) is 30.1 Å². The van der Waals surface area contributed by atoms with Crippen molar-refractivity contribution in [2.24, 2.45) is 57.2 Å². The van der Waals surface area contributed by atoms with Crippen LogP contribution in [0.5, 0.6) is 0 Å². The zero-order valence-electron chi connectivity index (χ0n) is 26.2. The fourth-order valence-corrected chi connectivity index (χ4v) is 12.9. The highest BCUT2D eigenvalue weighted by molar-refractivity contribution is 5.87. The quantitative estimate of drug-likeness (QED) is 0.284. The summed E-state index contributed by atoms with van der Waals surface area (Å²) < 4.78 is 0. The first-order valence-corrected chi connectivity index (χ1v) is 17.5. The van der Waals surface area contributed by atoms with Crippen molar-refractivity contribution in [3.63, 3.8) is 0 Å². The number of Topliss-reactive ketones (excluding diaryl/α,β-unsaturated/α-hetero) is 2. The summed E-state index contributed by atoms with van der Waals surface area (Å²) in [5, 5.41) is 0. The van der Waals surface area contributed by atoms with Crippen molar-refractivity contribution >= 4 is 11.6 Å². The van der Waals surface area contributed by atoms with Crippen molar-refractivity contribution in [3.8, 4) is 0 Å². The van der Waals surface area contributed by atoms with E-state index < -0.39 is 0 Å². The lowest BCUT2D eigenvalue weighted by Gasteiger charge is -2.59. The van der Waals surface area contributed by atoms with E-state index in [1.807, 2.05) is 5.57 Å². The van der Waals surface area contributed by atoms with E-state index in [4.69, 9.17) is 0 Å². The molecule has 0 aliphatic heterocycles. The highest BCUT2D eigenvalue weighted by atomic mass is 16.1. The third-order valence-electron chi connectivity index (χ3n) is 15.4. The van der Waals surface area contributed by atoms with Gasteiger partial charge in [0.25, 0.3) is 0 Å². The molecule has 8 aliphatic rings. The molecule has 0 aromatic heterocycles. The first-order valence-electron chi connectivity index (χ1n) is 17.5. The molecular formula is C38H56O2. The lowest BCUT2D eigenvalue weighted by molar-refractivity contribution is -0.144. The fraction of sp³-hybridized carbons (Fsp3) is 0.842. The molecule has 6 saturated carbocycles. The molecule has 0 heterocycles.